The van der Waals surface area contributed by atoms with Gasteiger partial charge in [-0.1, -0.05) is 42.5 Å². The van der Waals surface area contributed by atoms with E-state index in [1.807, 2.05) is 6.07 Å². The van der Waals surface area contributed by atoms with Crippen molar-refractivity contribution in [2.45, 2.75) is 0 Å². The first-order valence-corrected chi connectivity index (χ1v) is 7.97. The van der Waals surface area contributed by atoms with Crippen LogP contribution in [0, 0.1) is 3.57 Å². The van der Waals surface area contributed by atoms with Crippen LogP contribution in [0.15, 0.2) is 78.9 Å². The summed E-state index contributed by atoms with van der Waals surface area (Å²) < 4.78 is 1.26. The molecule has 0 unspecified atom stereocenters. The Balaban J connectivity index is 1.85. The van der Waals surface area contributed by atoms with Gasteiger partial charge in [-0.2, -0.15) is 0 Å². The van der Waals surface area contributed by atoms with E-state index in [1.54, 1.807) is 0 Å². The summed E-state index contributed by atoms with van der Waals surface area (Å²) in [6.07, 6.45) is 0. The molecule has 2 heteroatoms. The quantitative estimate of drug-likeness (QED) is 0.521. The van der Waals surface area contributed by atoms with Crippen molar-refractivity contribution in [1.82, 2.24) is 0 Å². The molecule has 0 aromatic heterocycles. The van der Waals surface area contributed by atoms with Gasteiger partial charge < -0.3 is 4.90 Å². The first-order valence-electron chi connectivity index (χ1n) is 6.89. The second-order valence-corrected chi connectivity index (χ2v) is 6.19. The van der Waals surface area contributed by atoms with E-state index in [1.165, 1.54) is 26.1 Å². The molecule has 1 nitrogen and oxygen atoms in total. The van der Waals surface area contributed by atoms with Gasteiger partial charge in [0.25, 0.3) is 0 Å². The molecule has 3 aromatic carbocycles. The number of hydrogen-bond acceptors (Lipinski definition) is 1. The van der Waals surface area contributed by atoms with E-state index >= 15 is 0 Å². The van der Waals surface area contributed by atoms with Crippen LogP contribution in [0.2, 0.25) is 0 Å². The van der Waals surface area contributed by atoms with E-state index in [0.29, 0.717) is 0 Å². The average molecular weight is 385 g/mol. The molecule has 0 aliphatic carbocycles. The van der Waals surface area contributed by atoms with Crippen LogP contribution in [0.1, 0.15) is 0 Å². The lowest BCUT2D eigenvalue weighted by Gasteiger charge is -2.19. The molecule has 0 aliphatic rings. The van der Waals surface area contributed by atoms with Crippen molar-refractivity contribution in [2.75, 3.05) is 11.9 Å². The van der Waals surface area contributed by atoms with E-state index in [4.69, 9.17) is 0 Å². The van der Waals surface area contributed by atoms with Crippen molar-refractivity contribution < 1.29 is 0 Å². The van der Waals surface area contributed by atoms with Crippen molar-refractivity contribution in [3.63, 3.8) is 0 Å². The second kappa shape index (κ2) is 6.31. The highest BCUT2D eigenvalue weighted by Crippen LogP contribution is 2.27. The van der Waals surface area contributed by atoms with Gasteiger partial charge in [-0.05, 0) is 70.1 Å². The molecular formula is C19H16IN. The van der Waals surface area contributed by atoms with Crippen molar-refractivity contribution in [1.29, 1.82) is 0 Å². The molecule has 0 amide bonds. The number of benzene rings is 3. The molecule has 21 heavy (non-hydrogen) atoms. The third-order valence-corrected chi connectivity index (χ3v) is 4.29. The maximum atomic E-state index is 2.33. The average Bonchev–Trinajstić information content (AvgIpc) is 2.56. The minimum absolute atomic E-state index is 1.19. The highest BCUT2D eigenvalue weighted by molar-refractivity contribution is 14.1. The van der Waals surface area contributed by atoms with E-state index in [-0.39, 0.29) is 0 Å². The molecule has 0 radical (unpaired) electrons. The number of nitrogens with zero attached hydrogens (tertiary/aromatic N) is 1. The lowest BCUT2D eigenvalue weighted by atomic mass is 10.1. The monoisotopic (exact) mass is 385 g/mol. The highest BCUT2D eigenvalue weighted by Gasteiger charge is 2.04. The summed E-state index contributed by atoms with van der Waals surface area (Å²) in [6.45, 7) is 0. The summed E-state index contributed by atoms with van der Waals surface area (Å²) in [5.74, 6) is 0. The predicted octanol–water partition coefficient (Wildman–Crippen LogP) is 5.73. The molecule has 0 saturated heterocycles. The van der Waals surface area contributed by atoms with E-state index in [9.17, 15) is 0 Å². The summed E-state index contributed by atoms with van der Waals surface area (Å²) in [5, 5.41) is 0. The third kappa shape index (κ3) is 3.27. The maximum absolute atomic E-state index is 2.33. The van der Waals surface area contributed by atoms with Crippen LogP contribution in [0.3, 0.4) is 0 Å². The first kappa shape index (κ1) is 14.1. The zero-order valence-electron chi connectivity index (χ0n) is 11.8. The Bertz CT molecular complexity index is 703. The van der Waals surface area contributed by atoms with Crippen molar-refractivity contribution >= 4 is 34.0 Å². The lowest BCUT2D eigenvalue weighted by Crippen LogP contribution is -2.08. The highest BCUT2D eigenvalue weighted by atomic mass is 127. The lowest BCUT2D eigenvalue weighted by molar-refractivity contribution is 1.21. The fourth-order valence-electron chi connectivity index (χ4n) is 2.32. The molecule has 0 fully saturated rings. The molecule has 3 aromatic rings. The largest absolute Gasteiger partial charge is 0.345 e. The molecule has 0 N–H and O–H groups in total. The van der Waals surface area contributed by atoms with Gasteiger partial charge in [-0.15, -0.1) is 0 Å². The Morgan fingerprint density at radius 3 is 1.67 bits per heavy atom. The van der Waals surface area contributed by atoms with Crippen LogP contribution in [0.5, 0.6) is 0 Å². The van der Waals surface area contributed by atoms with Gasteiger partial charge in [-0.25, -0.2) is 0 Å². The summed E-state index contributed by atoms with van der Waals surface area (Å²) in [6, 6.07) is 27.7. The standard InChI is InChI=1S/C19H16IN/c1-21(18-5-3-2-4-6-18)19-13-9-16(10-14-19)15-7-11-17(20)12-8-15/h2-14H,1H3. The molecule has 0 aliphatic heterocycles. The Morgan fingerprint density at radius 2 is 1.10 bits per heavy atom. The van der Waals surface area contributed by atoms with Crippen molar-refractivity contribution in [2.24, 2.45) is 0 Å². The van der Waals surface area contributed by atoms with Crippen LogP contribution >= 0.6 is 22.6 Å². The van der Waals surface area contributed by atoms with Gasteiger partial charge in [0.05, 0.1) is 0 Å². The van der Waals surface area contributed by atoms with Crippen LogP contribution in [0.4, 0.5) is 11.4 Å². The Morgan fingerprint density at radius 1 is 0.619 bits per heavy atom. The minimum Gasteiger partial charge on any atom is -0.345 e. The normalized spacial score (nSPS) is 10.4. The summed E-state index contributed by atoms with van der Waals surface area (Å²) >= 11 is 2.33. The van der Waals surface area contributed by atoms with Gasteiger partial charge in [0, 0.05) is 22.0 Å². The predicted molar refractivity (Wildman–Crippen MR) is 99.1 cm³/mol. The second-order valence-electron chi connectivity index (χ2n) is 4.95. The number of hydrogen-bond donors (Lipinski definition) is 0. The molecule has 3 rings (SSSR count). The summed E-state index contributed by atoms with van der Waals surface area (Å²) in [7, 11) is 2.09. The van der Waals surface area contributed by atoms with E-state index < -0.39 is 0 Å². The Kier molecular flexibility index (Phi) is 4.25. The molecule has 104 valence electrons. The fourth-order valence-corrected chi connectivity index (χ4v) is 2.68. The number of halogens is 1. The van der Waals surface area contributed by atoms with Crippen LogP contribution in [-0.4, -0.2) is 7.05 Å². The molecule has 0 bridgehead atoms. The van der Waals surface area contributed by atoms with Gasteiger partial charge in [0.15, 0.2) is 0 Å². The van der Waals surface area contributed by atoms with E-state index in [2.05, 4.69) is 107 Å². The number of para-hydroxylation sites is 1. The van der Waals surface area contributed by atoms with Gasteiger partial charge in [0.2, 0.25) is 0 Å². The molecule has 0 heterocycles. The van der Waals surface area contributed by atoms with Gasteiger partial charge in [-0.3, -0.25) is 0 Å². The Hall–Kier alpha value is -1.81. The summed E-state index contributed by atoms with van der Waals surface area (Å²) in [4.78, 5) is 2.19. The third-order valence-electron chi connectivity index (χ3n) is 3.58. The smallest absolute Gasteiger partial charge is 0.0408 e. The molecule has 0 spiro atoms. The van der Waals surface area contributed by atoms with Gasteiger partial charge >= 0.3 is 0 Å². The molecular weight excluding hydrogens is 369 g/mol. The zero-order valence-corrected chi connectivity index (χ0v) is 14.0. The molecule has 0 saturated carbocycles. The van der Waals surface area contributed by atoms with Gasteiger partial charge in [0.1, 0.15) is 0 Å². The molecule has 0 atom stereocenters. The topological polar surface area (TPSA) is 3.24 Å². The first-order chi connectivity index (χ1) is 10.2. The van der Waals surface area contributed by atoms with Crippen molar-refractivity contribution in [3.05, 3.63) is 82.4 Å². The SMILES string of the molecule is CN(c1ccccc1)c1ccc(-c2ccc(I)cc2)cc1. The van der Waals surface area contributed by atoms with Crippen LogP contribution < -0.4 is 4.90 Å². The maximum Gasteiger partial charge on any atom is 0.0408 e. The van der Waals surface area contributed by atoms with Crippen molar-refractivity contribution in [3.8, 4) is 11.1 Å². The minimum atomic E-state index is 1.19. The fraction of sp³-hybridized carbons (Fsp3) is 0.0526. The number of rotatable bonds is 3. The van der Waals surface area contributed by atoms with Crippen LogP contribution in [-0.2, 0) is 0 Å². The summed E-state index contributed by atoms with van der Waals surface area (Å²) in [5.41, 5.74) is 4.89. The van der Waals surface area contributed by atoms with E-state index in [0.717, 1.165) is 0 Å². The van der Waals surface area contributed by atoms with Crippen LogP contribution in [0.25, 0.3) is 11.1 Å². The number of anilines is 2. The Labute approximate surface area is 139 Å². The zero-order chi connectivity index (χ0) is 14.7.